The van der Waals surface area contributed by atoms with Crippen molar-refractivity contribution in [1.29, 1.82) is 0 Å². The van der Waals surface area contributed by atoms with Gasteiger partial charge in [-0.25, -0.2) is 5.48 Å². The lowest BCUT2D eigenvalue weighted by atomic mass is 10.5. The zero-order valence-electron chi connectivity index (χ0n) is 4.03. The Labute approximate surface area is 38.5 Å². The van der Waals surface area contributed by atoms with Crippen LogP contribution in [-0.4, -0.2) is 13.7 Å². The van der Waals surface area contributed by atoms with Crippen LogP contribution in [0.1, 0.15) is 6.42 Å². The maximum Gasteiger partial charge on any atom is 0.0682 e. The van der Waals surface area contributed by atoms with Gasteiger partial charge in [-0.15, -0.1) is 0 Å². The van der Waals surface area contributed by atoms with Gasteiger partial charge in [0, 0.05) is 7.05 Å². The van der Waals surface area contributed by atoms with Crippen molar-refractivity contribution in [1.82, 2.24) is 5.48 Å². The summed E-state index contributed by atoms with van der Waals surface area (Å²) >= 11 is 0. The van der Waals surface area contributed by atoms with Crippen LogP contribution in [0.25, 0.3) is 0 Å². The standard InChI is InChI=1S/C4H10NO/c1-3-4-6-5-2/h5H,1,3-4H2,2H3. The molecule has 37 valence electrons. The molecule has 2 nitrogen and oxygen atoms in total. The van der Waals surface area contributed by atoms with Gasteiger partial charge in [-0.2, -0.15) is 0 Å². The molecule has 2 heteroatoms. The Balaban J connectivity index is 2.34. The highest BCUT2D eigenvalue weighted by Gasteiger charge is 1.72. The molecule has 0 aromatic heterocycles. The second kappa shape index (κ2) is 4.92. The molecule has 0 heterocycles. The minimum Gasteiger partial charge on any atom is -0.302 e. The van der Waals surface area contributed by atoms with E-state index >= 15 is 0 Å². The number of hydrogen-bond acceptors (Lipinski definition) is 2. The fourth-order valence-electron chi connectivity index (χ4n) is 0.174. The first-order valence-corrected chi connectivity index (χ1v) is 1.99. The molecule has 0 aromatic rings. The predicted molar refractivity (Wildman–Crippen MR) is 25.0 cm³/mol. The molecule has 0 saturated carbocycles. The molecule has 6 heavy (non-hydrogen) atoms. The summed E-state index contributed by atoms with van der Waals surface area (Å²) in [6.07, 6.45) is 0.820. The minimum absolute atomic E-state index is 0.691. The van der Waals surface area contributed by atoms with Crippen LogP contribution in [0.2, 0.25) is 0 Å². The van der Waals surface area contributed by atoms with E-state index in [2.05, 4.69) is 17.2 Å². The predicted octanol–water partition coefficient (Wildman–Crippen LogP) is 0.362. The Morgan fingerprint density at radius 1 is 1.83 bits per heavy atom. The normalized spacial score (nSPS) is 9.00. The van der Waals surface area contributed by atoms with Crippen molar-refractivity contribution in [2.45, 2.75) is 6.42 Å². The van der Waals surface area contributed by atoms with Gasteiger partial charge in [0.1, 0.15) is 0 Å². The average Bonchev–Trinajstić information content (AvgIpc) is 1.61. The van der Waals surface area contributed by atoms with Gasteiger partial charge < -0.3 is 4.84 Å². The summed E-state index contributed by atoms with van der Waals surface area (Å²) in [5, 5.41) is 0. The van der Waals surface area contributed by atoms with Crippen molar-refractivity contribution >= 4 is 0 Å². The molecule has 1 N–H and O–H groups in total. The van der Waals surface area contributed by atoms with E-state index in [4.69, 9.17) is 0 Å². The van der Waals surface area contributed by atoms with E-state index in [1.807, 2.05) is 0 Å². The van der Waals surface area contributed by atoms with Gasteiger partial charge in [0.25, 0.3) is 0 Å². The molecular formula is C4H10NO. The third-order valence-electron chi connectivity index (χ3n) is 0.391. The molecule has 0 saturated heterocycles. The summed E-state index contributed by atoms with van der Waals surface area (Å²) in [6.45, 7) is 4.25. The maximum atomic E-state index is 4.67. The zero-order chi connectivity index (χ0) is 4.83. The van der Waals surface area contributed by atoms with Gasteiger partial charge in [0.05, 0.1) is 6.61 Å². The lowest BCUT2D eigenvalue weighted by molar-refractivity contribution is 0.0613. The lowest BCUT2D eigenvalue weighted by Crippen LogP contribution is -2.06. The van der Waals surface area contributed by atoms with Crippen molar-refractivity contribution in [3.8, 4) is 0 Å². The molecule has 0 aliphatic rings. The Morgan fingerprint density at radius 3 is 2.67 bits per heavy atom. The molecular weight excluding hydrogens is 78.0 g/mol. The van der Waals surface area contributed by atoms with Crippen LogP contribution in [0.4, 0.5) is 0 Å². The average molecular weight is 88.1 g/mol. The fraction of sp³-hybridized carbons (Fsp3) is 0.750. The largest absolute Gasteiger partial charge is 0.302 e. The summed E-state index contributed by atoms with van der Waals surface area (Å²) in [5.74, 6) is 0. The molecule has 0 spiro atoms. The van der Waals surface area contributed by atoms with Crippen LogP contribution >= 0.6 is 0 Å². The van der Waals surface area contributed by atoms with Crippen molar-refractivity contribution in [3.63, 3.8) is 0 Å². The van der Waals surface area contributed by atoms with Crippen LogP contribution in [0.3, 0.4) is 0 Å². The molecule has 0 unspecified atom stereocenters. The van der Waals surface area contributed by atoms with E-state index in [9.17, 15) is 0 Å². The van der Waals surface area contributed by atoms with Crippen molar-refractivity contribution in [3.05, 3.63) is 6.92 Å². The van der Waals surface area contributed by atoms with Crippen molar-refractivity contribution < 1.29 is 4.84 Å². The third-order valence-corrected chi connectivity index (χ3v) is 0.391. The number of rotatable bonds is 3. The number of hydroxylamine groups is 1. The topological polar surface area (TPSA) is 21.3 Å². The Kier molecular flexibility index (Phi) is 4.85. The first-order valence-electron chi connectivity index (χ1n) is 1.99. The fourth-order valence-corrected chi connectivity index (χ4v) is 0.174. The summed E-state index contributed by atoms with van der Waals surface area (Å²) in [4.78, 5) is 4.67. The third kappa shape index (κ3) is 3.92. The van der Waals surface area contributed by atoms with Gasteiger partial charge in [-0.1, -0.05) is 6.92 Å². The SMILES string of the molecule is [CH2]CCONC. The van der Waals surface area contributed by atoms with Crippen LogP contribution < -0.4 is 5.48 Å². The first kappa shape index (κ1) is 5.92. The van der Waals surface area contributed by atoms with E-state index in [0.717, 1.165) is 6.42 Å². The van der Waals surface area contributed by atoms with Gasteiger partial charge in [-0.3, -0.25) is 0 Å². The monoisotopic (exact) mass is 88.1 g/mol. The van der Waals surface area contributed by atoms with Gasteiger partial charge in [-0.05, 0) is 6.42 Å². The second-order valence-corrected chi connectivity index (χ2v) is 0.906. The van der Waals surface area contributed by atoms with Gasteiger partial charge in [0.2, 0.25) is 0 Å². The quantitative estimate of drug-likeness (QED) is 0.397. The summed E-state index contributed by atoms with van der Waals surface area (Å²) < 4.78 is 0. The first-order chi connectivity index (χ1) is 2.91. The summed E-state index contributed by atoms with van der Waals surface area (Å²) in [5.41, 5.74) is 2.53. The molecule has 0 aromatic carbocycles. The van der Waals surface area contributed by atoms with E-state index in [0.29, 0.717) is 6.61 Å². The van der Waals surface area contributed by atoms with Crippen molar-refractivity contribution in [2.75, 3.05) is 13.7 Å². The Bertz CT molecular complexity index is 19.5. The van der Waals surface area contributed by atoms with Gasteiger partial charge in [0.15, 0.2) is 0 Å². The van der Waals surface area contributed by atoms with E-state index < -0.39 is 0 Å². The summed E-state index contributed by atoms with van der Waals surface area (Å²) in [7, 11) is 1.73. The smallest absolute Gasteiger partial charge is 0.0682 e. The minimum atomic E-state index is 0.691. The highest BCUT2D eigenvalue weighted by molar-refractivity contribution is 4.31. The van der Waals surface area contributed by atoms with Crippen LogP contribution in [0, 0.1) is 6.92 Å². The number of nitrogens with one attached hydrogen (secondary N) is 1. The second-order valence-electron chi connectivity index (χ2n) is 0.906. The van der Waals surface area contributed by atoms with E-state index in [-0.39, 0.29) is 0 Å². The molecule has 0 aliphatic heterocycles. The Hall–Kier alpha value is -0.0800. The number of hydrogen-bond donors (Lipinski definition) is 1. The van der Waals surface area contributed by atoms with Gasteiger partial charge >= 0.3 is 0 Å². The maximum absolute atomic E-state index is 4.67. The van der Waals surface area contributed by atoms with Crippen LogP contribution in [0.15, 0.2) is 0 Å². The molecule has 0 amide bonds. The zero-order valence-corrected chi connectivity index (χ0v) is 4.03. The van der Waals surface area contributed by atoms with Crippen LogP contribution in [0.5, 0.6) is 0 Å². The summed E-state index contributed by atoms with van der Waals surface area (Å²) in [6, 6.07) is 0. The lowest BCUT2D eigenvalue weighted by Gasteiger charge is -1.93. The highest BCUT2D eigenvalue weighted by Crippen LogP contribution is 1.69. The molecule has 0 rings (SSSR count). The molecule has 0 atom stereocenters. The molecule has 0 bridgehead atoms. The molecule has 1 radical (unpaired) electrons. The molecule has 0 aliphatic carbocycles. The molecule has 0 fully saturated rings. The van der Waals surface area contributed by atoms with E-state index in [1.165, 1.54) is 0 Å². The van der Waals surface area contributed by atoms with Crippen LogP contribution in [-0.2, 0) is 4.84 Å². The van der Waals surface area contributed by atoms with Crippen molar-refractivity contribution in [2.24, 2.45) is 0 Å². The Morgan fingerprint density at radius 2 is 2.50 bits per heavy atom. The highest BCUT2D eigenvalue weighted by atomic mass is 16.6. The van der Waals surface area contributed by atoms with E-state index in [1.54, 1.807) is 7.05 Å².